The number of carboxylic acid groups (broad SMARTS) is 1. The van der Waals surface area contributed by atoms with E-state index in [1.807, 2.05) is 37.8 Å². The summed E-state index contributed by atoms with van der Waals surface area (Å²) in [4.78, 5) is 44.8. The number of rotatable bonds is 4. The number of imidazole rings is 2. The van der Waals surface area contributed by atoms with Crippen LogP contribution in [0.2, 0.25) is 5.15 Å². The van der Waals surface area contributed by atoms with Crippen LogP contribution in [0, 0.1) is 11.8 Å². The Labute approximate surface area is 276 Å². The molecule has 4 heterocycles. The molecular formula is C36H35ClN6O4. The Kier molecular flexibility index (Phi) is 6.07. The first kappa shape index (κ1) is 28.6. The maximum absolute atomic E-state index is 13.1. The first-order chi connectivity index (χ1) is 22.5. The van der Waals surface area contributed by atoms with Crippen LogP contribution < -0.4 is 0 Å². The smallest absolute Gasteiger partial charge is 0.411 e. The lowest BCUT2D eigenvalue weighted by Crippen LogP contribution is -2.38. The molecule has 47 heavy (non-hydrogen) atoms. The van der Waals surface area contributed by atoms with Crippen LogP contribution >= 0.6 is 11.6 Å². The van der Waals surface area contributed by atoms with Crippen molar-refractivity contribution in [1.29, 1.82) is 0 Å². The van der Waals surface area contributed by atoms with Gasteiger partial charge in [-0.2, -0.15) is 0 Å². The number of carbonyl (C=O) groups excluding carboxylic acids is 1. The Morgan fingerprint density at radius 1 is 0.809 bits per heavy atom. The number of nitrogens with zero attached hydrogens (tertiary/aromatic N) is 4. The van der Waals surface area contributed by atoms with Crippen LogP contribution in [0.15, 0.2) is 54.6 Å². The summed E-state index contributed by atoms with van der Waals surface area (Å²) in [5.74, 6) is 2.35. The van der Waals surface area contributed by atoms with Gasteiger partial charge in [-0.05, 0) is 104 Å². The molecule has 10 nitrogen and oxygen atoms in total. The zero-order valence-corrected chi connectivity index (χ0v) is 27.1. The van der Waals surface area contributed by atoms with E-state index in [0.717, 1.165) is 70.0 Å². The highest BCUT2D eigenvalue weighted by atomic mass is 35.5. The molecule has 3 aromatic carbocycles. The topological polar surface area (TPSA) is 127 Å². The minimum absolute atomic E-state index is 0.100. The third-order valence-electron chi connectivity index (χ3n) is 10.3. The van der Waals surface area contributed by atoms with E-state index in [4.69, 9.17) is 26.3 Å². The van der Waals surface area contributed by atoms with Crippen LogP contribution in [0.4, 0.5) is 9.59 Å². The number of ether oxygens (including phenoxy) is 1. The lowest BCUT2D eigenvalue weighted by molar-refractivity contribution is 0.0175. The van der Waals surface area contributed by atoms with Crippen LogP contribution in [0.3, 0.4) is 0 Å². The van der Waals surface area contributed by atoms with Crippen molar-refractivity contribution >= 4 is 45.6 Å². The van der Waals surface area contributed by atoms with Crippen molar-refractivity contribution in [3.05, 3.63) is 71.4 Å². The molecule has 4 aliphatic rings. The lowest BCUT2D eigenvalue weighted by Gasteiger charge is -2.29. The number of H-pyrrole nitrogens is 2. The summed E-state index contributed by atoms with van der Waals surface area (Å²) in [6, 6.07) is 18.7. The number of fused-ring (bicyclic) bond motifs is 4. The molecule has 6 atom stereocenters. The van der Waals surface area contributed by atoms with Gasteiger partial charge in [0.1, 0.15) is 28.1 Å². The molecule has 2 aliphatic heterocycles. The Hall–Kier alpha value is -4.57. The van der Waals surface area contributed by atoms with E-state index in [1.54, 1.807) is 0 Å². The largest absolute Gasteiger partial charge is 0.465 e. The molecule has 4 fully saturated rings. The monoisotopic (exact) mass is 650 g/mol. The lowest BCUT2D eigenvalue weighted by atomic mass is 9.99. The molecule has 2 aliphatic carbocycles. The number of hydrogen-bond acceptors (Lipinski definition) is 5. The number of halogens is 1. The quantitative estimate of drug-likeness (QED) is 0.179. The number of aromatic nitrogens is 4. The first-order valence-corrected chi connectivity index (χ1v) is 16.7. The molecule has 240 valence electrons. The van der Waals surface area contributed by atoms with Crippen molar-refractivity contribution in [2.24, 2.45) is 11.8 Å². The average Bonchev–Trinajstić information content (AvgIpc) is 3.70. The van der Waals surface area contributed by atoms with Crippen LogP contribution in [0.5, 0.6) is 0 Å². The number of nitrogens with one attached hydrogen (secondary N) is 2. The molecule has 5 aromatic rings. The van der Waals surface area contributed by atoms with Gasteiger partial charge in [-0.25, -0.2) is 19.6 Å². The van der Waals surface area contributed by atoms with E-state index in [9.17, 15) is 14.7 Å². The van der Waals surface area contributed by atoms with Crippen LogP contribution in [0.1, 0.15) is 70.2 Å². The van der Waals surface area contributed by atoms with Gasteiger partial charge >= 0.3 is 12.2 Å². The molecule has 0 radical (unpaired) electrons. The molecule has 3 N–H and O–H groups in total. The van der Waals surface area contributed by atoms with Crippen molar-refractivity contribution in [1.82, 2.24) is 29.7 Å². The van der Waals surface area contributed by atoms with Crippen LogP contribution in [-0.2, 0) is 4.74 Å². The van der Waals surface area contributed by atoms with E-state index in [0.29, 0.717) is 28.5 Å². The van der Waals surface area contributed by atoms with E-state index >= 15 is 0 Å². The maximum atomic E-state index is 13.1. The fourth-order valence-corrected chi connectivity index (χ4v) is 8.16. The van der Waals surface area contributed by atoms with Gasteiger partial charge < -0.3 is 19.8 Å². The average molecular weight is 651 g/mol. The van der Waals surface area contributed by atoms with Crippen molar-refractivity contribution in [3.8, 4) is 22.4 Å². The predicted octanol–water partition coefficient (Wildman–Crippen LogP) is 8.31. The Balaban J connectivity index is 0.972. The summed E-state index contributed by atoms with van der Waals surface area (Å²) in [5, 5.41) is 12.3. The summed E-state index contributed by atoms with van der Waals surface area (Å²) in [6.07, 6.45) is 2.47. The molecule has 9 rings (SSSR count). The summed E-state index contributed by atoms with van der Waals surface area (Å²) in [6.45, 7) is 5.69. The molecule has 2 amide bonds. The van der Waals surface area contributed by atoms with Crippen molar-refractivity contribution in [3.63, 3.8) is 0 Å². The summed E-state index contributed by atoms with van der Waals surface area (Å²) >= 11 is 6.62. The number of likely N-dealkylation sites (tertiary alicyclic amines) is 2. The fraction of sp³-hybridized carbons (Fsp3) is 0.389. The summed E-state index contributed by atoms with van der Waals surface area (Å²) in [7, 11) is 0. The number of benzene rings is 3. The van der Waals surface area contributed by atoms with E-state index < -0.39 is 11.7 Å². The van der Waals surface area contributed by atoms with Gasteiger partial charge in [0.05, 0.1) is 23.1 Å². The van der Waals surface area contributed by atoms with E-state index in [1.165, 1.54) is 4.90 Å². The molecule has 0 unspecified atom stereocenters. The zero-order chi connectivity index (χ0) is 32.4. The zero-order valence-electron chi connectivity index (χ0n) is 26.3. The van der Waals surface area contributed by atoms with Gasteiger partial charge in [-0.15, -0.1) is 0 Å². The molecule has 2 saturated carbocycles. The van der Waals surface area contributed by atoms with Gasteiger partial charge in [0.2, 0.25) is 0 Å². The number of carbonyl (C=O) groups is 2. The third kappa shape index (κ3) is 4.83. The predicted molar refractivity (Wildman–Crippen MR) is 178 cm³/mol. The third-order valence-corrected chi connectivity index (χ3v) is 10.6. The van der Waals surface area contributed by atoms with Gasteiger partial charge in [0.25, 0.3) is 0 Å². The van der Waals surface area contributed by atoms with Crippen molar-refractivity contribution in [2.75, 3.05) is 0 Å². The van der Waals surface area contributed by atoms with Gasteiger partial charge in [0, 0.05) is 17.6 Å². The Bertz CT molecular complexity index is 2120. The highest BCUT2D eigenvalue weighted by molar-refractivity contribution is 6.32. The highest BCUT2D eigenvalue weighted by Crippen LogP contribution is 2.54. The maximum Gasteiger partial charge on any atom is 0.411 e. The minimum Gasteiger partial charge on any atom is -0.465 e. The van der Waals surface area contributed by atoms with Crippen LogP contribution in [0.25, 0.3) is 44.2 Å². The first-order valence-electron chi connectivity index (χ1n) is 16.3. The van der Waals surface area contributed by atoms with Crippen molar-refractivity contribution in [2.45, 2.75) is 76.2 Å². The Morgan fingerprint density at radius 3 is 2.11 bits per heavy atom. The van der Waals surface area contributed by atoms with Crippen molar-refractivity contribution < 1.29 is 19.4 Å². The van der Waals surface area contributed by atoms with Crippen LogP contribution in [-0.4, -0.2) is 64.7 Å². The number of piperidine rings is 2. The fourth-order valence-electron chi connectivity index (χ4n) is 7.91. The van der Waals surface area contributed by atoms with Gasteiger partial charge in [0.15, 0.2) is 0 Å². The highest BCUT2D eigenvalue weighted by Gasteiger charge is 2.57. The normalized spacial score (nSPS) is 26.1. The van der Waals surface area contributed by atoms with E-state index in [-0.39, 0.29) is 30.3 Å². The molecule has 2 saturated heterocycles. The summed E-state index contributed by atoms with van der Waals surface area (Å²) < 4.78 is 5.75. The molecule has 11 heteroatoms. The molecular weight excluding hydrogens is 616 g/mol. The van der Waals surface area contributed by atoms with Gasteiger partial charge in [-0.3, -0.25) is 9.80 Å². The standard InChI is InChI=1S/C36H35ClN6O4/c1-36(2,3)47-35(46)43-27-14-23(27)16-29(43)32-38-24-9-8-20(12-25(24)39-32)18-4-5-19-11-21(7-6-17(19)10-18)30-31(37)41-33(40-30)28-15-22-13-26(22)42(28)34(44)45/h4-12,22-23,26-29H,13-16H2,1-3H3,(H,38,39)(H,40,41)(H,44,45)/t22-,23-,26-,27-,28+,29+/m1/s1. The number of hydrogen-bond donors (Lipinski definition) is 3. The van der Waals surface area contributed by atoms with Gasteiger partial charge in [-0.1, -0.05) is 41.9 Å². The molecule has 0 spiro atoms. The molecule has 0 bridgehead atoms. The van der Waals surface area contributed by atoms with E-state index in [2.05, 4.69) is 52.4 Å². The Morgan fingerprint density at radius 2 is 1.40 bits per heavy atom. The summed E-state index contributed by atoms with van der Waals surface area (Å²) in [5.41, 5.74) is 4.90. The number of aromatic amines is 2. The SMILES string of the molecule is CC(C)(C)OC(=O)N1[C@@H]2C[C@@H]2C[C@H]1c1nc2ccc(-c3ccc4cc(-c5nc([C@@H]6C[C@H]7C[C@H]7N6C(=O)O)[nH]c5Cl)ccc4c3)cc2[nH]1. The second kappa shape index (κ2) is 9.97. The minimum atomic E-state index is -0.905. The number of amides is 2. The second-order valence-corrected chi connectivity index (χ2v) is 15.0. The molecule has 2 aromatic heterocycles. The second-order valence-electron chi connectivity index (χ2n) is 14.6.